The zero-order valence-corrected chi connectivity index (χ0v) is 4.68. The Balaban J connectivity index is 3.14. The molecule has 0 saturated carbocycles. The molecule has 0 aliphatic carbocycles. The molecule has 0 atom stereocenters. The predicted octanol–water partition coefficient (Wildman–Crippen LogP) is 1.50. The molecule has 1 aromatic rings. The SMILES string of the molecule is [2H]c1nccnc1C(F)(F)F. The van der Waals surface area contributed by atoms with Gasteiger partial charge in [0.25, 0.3) is 0 Å². The van der Waals surface area contributed by atoms with E-state index in [4.69, 9.17) is 1.37 Å². The minimum atomic E-state index is -4.58. The van der Waals surface area contributed by atoms with Crippen LogP contribution in [0.5, 0.6) is 0 Å². The Morgan fingerprint density at radius 1 is 1.40 bits per heavy atom. The number of hydrogen-bond donors (Lipinski definition) is 0. The Hall–Kier alpha value is -1.13. The third-order valence-corrected chi connectivity index (χ3v) is 0.784. The van der Waals surface area contributed by atoms with Gasteiger partial charge >= 0.3 is 6.18 Å². The van der Waals surface area contributed by atoms with E-state index in [-0.39, 0.29) is 0 Å². The predicted molar refractivity (Wildman–Crippen MR) is 27.0 cm³/mol. The number of nitrogens with zero attached hydrogens (tertiary/aromatic N) is 2. The normalized spacial score (nSPS) is 12.9. The number of halogens is 3. The van der Waals surface area contributed by atoms with Crippen molar-refractivity contribution in [3.8, 4) is 0 Å². The molecule has 5 heteroatoms. The molecule has 2 nitrogen and oxygen atoms in total. The fourth-order valence-corrected chi connectivity index (χ4v) is 0.405. The summed E-state index contributed by atoms with van der Waals surface area (Å²) in [5.74, 6) is 0. The molecule has 54 valence electrons. The molecule has 0 spiro atoms. The number of rotatable bonds is 0. The van der Waals surface area contributed by atoms with Crippen LogP contribution in [-0.4, -0.2) is 9.97 Å². The van der Waals surface area contributed by atoms with Crippen molar-refractivity contribution in [2.45, 2.75) is 6.18 Å². The molecule has 0 unspecified atom stereocenters. The summed E-state index contributed by atoms with van der Waals surface area (Å²) in [6.07, 6.45) is -3.48. The minimum Gasteiger partial charge on any atom is -0.261 e. The van der Waals surface area contributed by atoms with E-state index in [2.05, 4.69) is 9.97 Å². The van der Waals surface area contributed by atoms with Gasteiger partial charge in [-0.3, -0.25) is 4.98 Å². The van der Waals surface area contributed by atoms with Crippen molar-refractivity contribution in [2.75, 3.05) is 0 Å². The number of hydrogen-bond acceptors (Lipinski definition) is 2. The van der Waals surface area contributed by atoms with E-state index >= 15 is 0 Å². The maximum atomic E-state index is 11.8. The fourth-order valence-electron chi connectivity index (χ4n) is 0.405. The van der Waals surface area contributed by atoms with E-state index in [1.165, 1.54) is 0 Å². The lowest BCUT2D eigenvalue weighted by molar-refractivity contribution is -0.141. The van der Waals surface area contributed by atoms with Gasteiger partial charge in [0.1, 0.15) is 0 Å². The van der Waals surface area contributed by atoms with Gasteiger partial charge in [-0.25, -0.2) is 4.98 Å². The van der Waals surface area contributed by atoms with Gasteiger partial charge in [-0.05, 0) is 0 Å². The van der Waals surface area contributed by atoms with E-state index in [0.717, 1.165) is 12.4 Å². The maximum absolute atomic E-state index is 11.8. The number of alkyl halides is 3. The standard InChI is InChI=1S/C5H3F3N2/c6-5(7,8)4-3-9-1-2-10-4/h1-3H/i3D. The monoisotopic (exact) mass is 149 g/mol. The molecule has 0 aromatic carbocycles. The van der Waals surface area contributed by atoms with E-state index < -0.39 is 18.0 Å². The first-order valence-corrected chi connectivity index (χ1v) is 2.36. The van der Waals surface area contributed by atoms with Crippen molar-refractivity contribution in [3.05, 3.63) is 24.3 Å². The first kappa shape index (κ1) is 5.64. The van der Waals surface area contributed by atoms with Crippen molar-refractivity contribution >= 4 is 0 Å². The first-order valence-electron chi connectivity index (χ1n) is 2.86. The zero-order valence-electron chi connectivity index (χ0n) is 5.68. The lowest BCUT2D eigenvalue weighted by Crippen LogP contribution is -2.07. The van der Waals surface area contributed by atoms with E-state index in [1.54, 1.807) is 0 Å². The molecule has 0 radical (unpaired) electrons. The summed E-state index contributed by atoms with van der Waals surface area (Å²) in [4.78, 5) is 6.10. The molecule has 1 aromatic heterocycles. The molecule has 0 amide bonds. The van der Waals surface area contributed by atoms with E-state index in [9.17, 15) is 13.2 Å². The summed E-state index contributed by atoms with van der Waals surface area (Å²) < 4.78 is 42.2. The van der Waals surface area contributed by atoms with Crippen LogP contribution in [-0.2, 0) is 6.18 Å². The minimum absolute atomic E-state index is 0.847. The highest BCUT2D eigenvalue weighted by molar-refractivity contribution is 4.98. The molecule has 1 heterocycles. The van der Waals surface area contributed by atoms with Gasteiger partial charge in [-0.15, -0.1) is 0 Å². The van der Waals surface area contributed by atoms with Crippen molar-refractivity contribution in [3.63, 3.8) is 0 Å². The van der Waals surface area contributed by atoms with Gasteiger partial charge in [0.15, 0.2) is 5.69 Å². The van der Waals surface area contributed by atoms with Gasteiger partial charge in [-0.2, -0.15) is 13.2 Å². The Kier molecular flexibility index (Phi) is 1.26. The van der Waals surface area contributed by atoms with Gasteiger partial charge < -0.3 is 0 Å². The lowest BCUT2D eigenvalue weighted by Gasteiger charge is -2.01. The van der Waals surface area contributed by atoms with Crippen LogP contribution >= 0.6 is 0 Å². The van der Waals surface area contributed by atoms with Gasteiger partial charge in [0.2, 0.25) is 0 Å². The topological polar surface area (TPSA) is 25.8 Å². The Morgan fingerprint density at radius 2 is 2.10 bits per heavy atom. The smallest absolute Gasteiger partial charge is 0.261 e. The summed E-state index contributed by atoms with van der Waals surface area (Å²) >= 11 is 0. The second kappa shape index (κ2) is 2.24. The molecule has 0 saturated heterocycles. The lowest BCUT2D eigenvalue weighted by atomic mass is 10.4. The quantitative estimate of drug-likeness (QED) is 0.558. The van der Waals surface area contributed by atoms with Crippen molar-refractivity contribution < 1.29 is 14.5 Å². The van der Waals surface area contributed by atoms with Crippen LogP contribution < -0.4 is 0 Å². The van der Waals surface area contributed by atoms with Crippen molar-refractivity contribution in [1.29, 1.82) is 0 Å². The summed E-state index contributed by atoms with van der Waals surface area (Å²) in [5, 5.41) is 0. The largest absolute Gasteiger partial charge is 0.434 e. The van der Waals surface area contributed by atoms with Crippen LogP contribution in [0.1, 0.15) is 7.06 Å². The first-order chi connectivity index (χ1) is 5.02. The second-order valence-corrected chi connectivity index (χ2v) is 1.51. The molecular formula is C5H3F3N2. The highest BCUT2D eigenvalue weighted by Gasteiger charge is 2.32. The fraction of sp³-hybridized carbons (Fsp3) is 0.200. The molecule has 10 heavy (non-hydrogen) atoms. The Labute approximate surface area is 56.1 Å². The highest BCUT2D eigenvalue weighted by Crippen LogP contribution is 2.25. The summed E-state index contributed by atoms with van der Waals surface area (Å²) in [6.45, 7) is 0. The average molecular weight is 149 g/mol. The third-order valence-electron chi connectivity index (χ3n) is 0.784. The third kappa shape index (κ3) is 1.43. The summed E-state index contributed by atoms with van der Waals surface area (Å²) in [6, 6.07) is 0. The van der Waals surface area contributed by atoms with Crippen LogP contribution in [0.3, 0.4) is 0 Å². The van der Waals surface area contributed by atoms with Gasteiger partial charge in [-0.1, -0.05) is 0 Å². The molecule has 0 bridgehead atoms. The van der Waals surface area contributed by atoms with Gasteiger partial charge in [0.05, 0.1) is 7.54 Å². The number of aromatic nitrogens is 2. The van der Waals surface area contributed by atoms with Crippen LogP contribution in [0, 0.1) is 0 Å². The van der Waals surface area contributed by atoms with E-state index in [1.807, 2.05) is 0 Å². The summed E-state index contributed by atoms with van der Waals surface area (Å²) in [5.41, 5.74) is -1.25. The van der Waals surface area contributed by atoms with Crippen molar-refractivity contribution in [2.24, 2.45) is 0 Å². The zero-order chi connectivity index (χ0) is 8.48. The maximum Gasteiger partial charge on any atom is 0.434 e. The second-order valence-electron chi connectivity index (χ2n) is 1.51. The molecule has 0 aliphatic rings. The molecule has 1 rings (SSSR count). The highest BCUT2D eigenvalue weighted by atomic mass is 19.4. The van der Waals surface area contributed by atoms with Crippen LogP contribution in [0.25, 0.3) is 0 Å². The van der Waals surface area contributed by atoms with Crippen molar-refractivity contribution in [1.82, 2.24) is 9.97 Å². The van der Waals surface area contributed by atoms with Crippen LogP contribution in [0.2, 0.25) is 0 Å². The Morgan fingerprint density at radius 3 is 2.50 bits per heavy atom. The van der Waals surface area contributed by atoms with Crippen LogP contribution in [0.15, 0.2) is 18.6 Å². The molecule has 0 N–H and O–H groups in total. The van der Waals surface area contributed by atoms with E-state index in [0.29, 0.717) is 0 Å². The molecule has 0 fully saturated rings. The Bertz CT molecular complexity index is 260. The molecule has 0 aliphatic heterocycles. The average Bonchev–Trinajstić information content (AvgIpc) is 1.86. The molecular weight excluding hydrogens is 145 g/mol. The van der Waals surface area contributed by atoms with Crippen LogP contribution in [0.4, 0.5) is 13.2 Å². The summed E-state index contributed by atoms with van der Waals surface area (Å²) in [7, 11) is 0. The van der Waals surface area contributed by atoms with Gasteiger partial charge in [0, 0.05) is 12.4 Å².